The Labute approximate surface area is 124 Å². The van der Waals surface area contributed by atoms with Gasteiger partial charge in [0.25, 0.3) is 0 Å². The van der Waals surface area contributed by atoms with Gasteiger partial charge in [0.15, 0.2) is 0 Å². The Morgan fingerprint density at radius 3 is 2.63 bits per heavy atom. The van der Waals surface area contributed by atoms with Crippen molar-refractivity contribution in [3.05, 3.63) is 34.3 Å². The van der Waals surface area contributed by atoms with Crippen LogP contribution in [0.3, 0.4) is 0 Å². The van der Waals surface area contributed by atoms with Crippen molar-refractivity contribution >= 4 is 15.9 Å². The van der Waals surface area contributed by atoms with Crippen LogP contribution in [0.25, 0.3) is 0 Å². The summed E-state index contributed by atoms with van der Waals surface area (Å²) in [6, 6.07) is 9.41. The molecule has 3 rings (SSSR count). The number of hydrogen-bond acceptors (Lipinski definition) is 2. The fourth-order valence-electron chi connectivity index (χ4n) is 3.49. The number of halogens is 1. The molecular formula is C16H23BrN2. The number of nitrogens with one attached hydrogen (secondary N) is 1. The van der Waals surface area contributed by atoms with Crippen molar-refractivity contribution in [3.8, 4) is 0 Å². The quantitative estimate of drug-likeness (QED) is 0.917. The van der Waals surface area contributed by atoms with E-state index in [-0.39, 0.29) is 0 Å². The molecule has 1 atom stereocenters. The molecule has 2 saturated heterocycles. The molecule has 1 aromatic rings. The Balaban J connectivity index is 1.51. The molecular weight excluding hydrogens is 300 g/mol. The van der Waals surface area contributed by atoms with E-state index >= 15 is 0 Å². The molecule has 0 aliphatic carbocycles. The van der Waals surface area contributed by atoms with Crippen molar-refractivity contribution in [2.75, 3.05) is 19.6 Å². The number of rotatable bonds is 3. The summed E-state index contributed by atoms with van der Waals surface area (Å²) in [6.45, 7) is 4.84. The first-order valence-corrected chi connectivity index (χ1v) is 8.31. The van der Waals surface area contributed by atoms with Crippen molar-refractivity contribution < 1.29 is 0 Å². The summed E-state index contributed by atoms with van der Waals surface area (Å²) in [7, 11) is 0. The minimum atomic E-state index is 0.811. The zero-order valence-electron chi connectivity index (χ0n) is 11.4. The number of hydrogen-bond donors (Lipinski definition) is 1. The lowest BCUT2D eigenvalue weighted by molar-refractivity contribution is 0.157. The molecule has 0 aromatic heterocycles. The minimum Gasteiger partial charge on any atom is -0.314 e. The summed E-state index contributed by atoms with van der Waals surface area (Å²) < 4.78 is 1.24. The molecule has 104 valence electrons. The van der Waals surface area contributed by atoms with Gasteiger partial charge < -0.3 is 5.32 Å². The van der Waals surface area contributed by atoms with Gasteiger partial charge in [-0.2, -0.15) is 0 Å². The van der Waals surface area contributed by atoms with Crippen LogP contribution in [0.4, 0.5) is 0 Å². The zero-order valence-corrected chi connectivity index (χ0v) is 13.0. The second-order valence-electron chi connectivity index (χ2n) is 5.91. The lowest BCUT2D eigenvalue weighted by Gasteiger charge is -2.35. The van der Waals surface area contributed by atoms with Crippen LogP contribution in [0, 0.1) is 5.92 Å². The van der Waals surface area contributed by atoms with Crippen LogP contribution < -0.4 is 5.32 Å². The van der Waals surface area contributed by atoms with Crippen LogP contribution in [0.15, 0.2) is 28.7 Å². The first-order valence-electron chi connectivity index (χ1n) is 7.52. The Morgan fingerprint density at radius 2 is 1.95 bits per heavy atom. The van der Waals surface area contributed by atoms with Gasteiger partial charge in [0, 0.05) is 17.1 Å². The van der Waals surface area contributed by atoms with Crippen molar-refractivity contribution in [2.24, 2.45) is 5.92 Å². The monoisotopic (exact) mass is 322 g/mol. The summed E-state index contributed by atoms with van der Waals surface area (Å²) in [5, 5.41) is 3.67. The Kier molecular flexibility index (Phi) is 4.57. The molecule has 2 nitrogen and oxygen atoms in total. The summed E-state index contributed by atoms with van der Waals surface area (Å²) in [5.74, 6) is 0.915. The third-order valence-corrected chi connectivity index (χ3v) is 5.43. The maximum atomic E-state index is 3.67. The van der Waals surface area contributed by atoms with Gasteiger partial charge in [-0.05, 0) is 62.9 Å². The molecule has 1 aromatic carbocycles. The lowest BCUT2D eigenvalue weighted by Crippen LogP contribution is -2.40. The van der Waals surface area contributed by atoms with E-state index in [1.165, 1.54) is 55.4 Å². The van der Waals surface area contributed by atoms with Crippen LogP contribution in [0.5, 0.6) is 0 Å². The highest BCUT2D eigenvalue weighted by atomic mass is 79.9. The third kappa shape index (κ3) is 3.39. The van der Waals surface area contributed by atoms with Gasteiger partial charge in [0.05, 0.1) is 0 Å². The van der Waals surface area contributed by atoms with Crippen molar-refractivity contribution in [1.29, 1.82) is 0 Å². The molecule has 2 fully saturated rings. The van der Waals surface area contributed by atoms with Gasteiger partial charge in [-0.1, -0.05) is 34.1 Å². The van der Waals surface area contributed by atoms with Crippen LogP contribution in [-0.2, 0) is 6.54 Å². The normalized spacial score (nSPS) is 25.8. The first-order chi connectivity index (χ1) is 9.33. The van der Waals surface area contributed by atoms with Gasteiger partial charge in [0.2, 0.25) is 0 Å². The summed E-state index contributed by atoms with van der Waals surface area (Å²) in [5.41, 5.74) is 1.42. The lowest BCUT2D eigenvalue weighted by atomic mass is 9.88. The highest BCUT2D eigenvalue weighted by molar-refractivity contribution is 9.10. The number of nitrogens with zero attached hydrogens (tertiary/aromatic N) is 1. The van der Waals surface area contributed by atoms with E-state index in [1.807, 2.05) is 0 Å². The highest BCUT2D eigenvalue weighted by Crippen LogP contribution is 2.27. The molecule has 0 spiro atoms. The van der Waals surface area contributed by atoms with Gasteiger partial charge in [0.1, 0.15) is 0 Å². The molecule has 0 amide bonds. The van der Waals surface area contributed by atoms with Crippen molar-refractivity contribution in [3.63, 3.8) is 0 Å². The number of benzene rings is 1. The van der Waals surface area contributed by atoms with E-state index in [1.54, 1.807) is 0 Å². The van der Waals surface area contributed by atoms with Crippen LogP contribution in [0.1, 0.15) is 31.2 Å². The predicted molar refractivity (Wildman–Crippen MR) is 83.2 cm³/mol. The maximum absolute atomic E-state index is 3.67. The maximum Gasteiger partial charge on any atom is 0.0244 e. The van der Waals surface area contributed by atoms with E-state index in [2.05, 4.69) is 50.4 Å². The van der Waals surface area contributed by atoms with Crippen LogP contribution in [0.2, 0.25) is 0 Å². The van der Waals surface area contributed by atoms with E-state index in [0.29, 0.717) is 0 Å². The topological polar surface area (TPSA) is 15.3 Å². The van der Waals surface area contributed by atoms with Gasteiger partial charge in [-0.3, -0.25) is 4.90 Å². The van der Waals surface area contributed by atoms with Crippen molar-refractivity contribution in [1.82, 2.24) is 10.2 Å². The predicted octanol–water partition coefficient (Wildman–Crippen LogP) is 3.41. The molecule has 19 heavy (non-hydrogen) atoms. The average Bonchev–Trinajstić information content (AvgIpc) is 2.96. The Bertz CT molecular complexity index is 407. The third-order valence-electron chi connectivity index (χ3n) is 4.65. The molecule has 2 aliphatic heterocycles. The number of piperidine rings is 1. The summed E-state index contributed by atoms with van der Waals surface area (Å²) in [6.07, 6.45) is 5.50. The first kappa shape index (κ1) is 13.6. The number of likely N-dealkylation sites (tertiary alicyclic amines) is 1. The standard InChI is InChI=1S/C16H23BrN2/c17-15-5-2-1-4-14(15)12-19-10-7-13(8-11-19)16-6-3-9-18-16/h1-2,4-5,13,16,18H,3,6-12H2. The van der Waals surface area contributed by atoms with Crippen molar-refractivity contribution in [2.45, 2.75) is 38.3 Å². The van der Waals surface area contributed by atoms with E-state index in [4.69, 9.17) is 0 Å². The Morgan fingerprint density at radius 1 is 1.16 bits per heavy atom. The SMILES string of the molecule is Brc1ccccc1CN1CCC(C2CCCN2)CC1. The summed E-state index contributed by atoms with van der Waals surface area (Å²) >= 11 is 3.65. The highest BCUT2D eigenvalue weighted by Gasteiger charge is 2.28. The van der Waals surface area contributed by atoms with Gasteiger partial charge in [-0.15, -0.1) is 0 Å². The molecule has 1 unspecified atom stereocenters. The molecule has 2 aliphatic rings. The fourth-order valence-corrected chi connectivity index (χ4v) is 3.90. The molecule has 0 bridgehead atoms. The molecule has 1 N–H and O–H groups in total. The largest absolute Gasteiger partial charge is 0.314 e. The molecule has 3 heteroatoms. The fraction of sp³-hybridized carbons (Fsp3) is 0.625. The molecule has 0 saturated carbocycles. The summed E-state index contributed by atoms with van der Waals surface area (Å²) in [4.78, 5) is 2.60. The second kappa shape index (κ2) is 6.38. The average molecular weight is 323 g/mol. The van der Waals surface area contributed by atoms with E-state index in [9.17, 15) is 0 Å². The van der Waals surface area contributed by atoms with Crippen LogP contribution >= 0.6 is 15.9 Å². The second-order valence-corrected chi connectivity index (χ2v) is 6.76. The zero-order chi connectivity index (χ0) is 13.1. The Hall–Kier alpha value is -0.380. The van der Waals surface area contributed by atoms with E-state index < -0.39 is 0 Å². The van der Waals surface area contributed by atoms with Gasteiger partial charge in [-0.25, -0.2) is 0 Å². The minimum absolute atomic E-state index is 0.811. The molecule has 0 radical (unpaired) electrons. The molecule has 2 heterocycles. The van der Waals surface area contributed by atoms with Gasteiger partial charge >= 0.3 is 0 Å². The van der Waals surface area contributed by atoms with E-state index in [0.717, 1.165) is 18.5 Å². The van der Waals surface area contributed by atoms with Crippen LogP contribution in [-0.4, -0.2) is 30.6 Å². The smallest absolute Gasteiger partial charge is 0.0244 e.